The third kappa shape index (κ3) is 3.77. The minimum absolute atomic E-state index is 0.0100. The second-order valence-electron chi connectivity index (χ2n) is 4.27. The summed E-state index contributed by atoms with van der Waals surface area (Å²) in [5, 5.41) is 0. The van der Waals surface area contributed by atoms with Crippen LogP contribution in [0.4, 0.5) is 0 Å². The lowest BCUT2D eigenvalue weighted by Gasteiger charge is -2.17. The van der Waals surface area contributed by atoms with Gasteiger partial charge < -0.3 is 0 Å². The molecule has 0 aliphatic heterocycles. The lowest BCUT2D eigenvalue weighted by atomic mass is 10.2. The third-order valence-electron chi connectivity index (χ3n) is 2.81. The van der Waals surface area contributed by atoms with Crippen LogP contribution in [0.15, 0.2) is 59.5 Å². The normalized spacial score (nSPS) is 15.7. The van der Waals surface area contributed by atoms with Crippen LogP contribution in [0.5, 0.6) is 0 Å². The van der Waals surface area contributed by atoms with Crippen LogP contribution >= 0.6 is 31.9 Å². The molecule has 0 fully saturated rings. The average molecular weight is 402 g/mol. The molecule has 3 atom stereocenters. The number of rotatable bonds is 4. The molecule has 0 aromatic heterocycles. The molecule has 0 aliphatic carbocycles. The SMILES string of the molecule is Cc1ccc(S(=O)C(Br)C(Br)c2ccccc2)cc1. The third-order valence-corrected chi connectivity index (χ3v) is 7.89. The van der Waals surface area contributed by atoms with E-state index >= 15 is 0 Å². The number of hydrogen-bond donors (Lipinski definition) is 0. The molecule has 0 spiro atoms. The molecule has 19 heavy (non-hydrogen) atoms. The van der Waals surface area contributed by atoms with Gasteiger partial charge in [0.1, 0.15) is 4.16 Å². The van der Waals surface area contributed by atoms with Crippen molar-refractivity contribution >= 4 is 42.7 Å². The summed E-state index contributed by atoms with van der Waals surface area (Å²) in [4.78, 5) is 0.851. The molecule has 2 aromatic rings. The van der Waals surface area contributed by atoms with Gasteiger partial charge in [-0.3, -0.25) is 4.21 Å². The van der Waals surface area contributed by atoms with Crippen molar-refractivity contribution < 1.29 is 4.21 Å². The average Bonchev–Trinajstić information content (AvgIpc) is 2.46. The zero-order chi connectivity index (χ0) is 13.8. The smallest absolute Gasteiger partial charge is 0.111 e. The van der Waals surface area contributed by atoms with Gasteiger partial charge in [-0.25, -0.2) is 0 Å². The maximum Gasteiger partial charge on any atom is 0.111 e. The van der Waals surface area contributed by atoms with Gasteiger partial charge >= 0.3 is 0 Å². The fourth-order valence-corrected chi connectivity index (χ4v) is 4.58. The summed E-state index contributed by atoms with van der Waals surface area (Å²) in [6, 6.07) is 17.8. The summed E-state index contributed by atoms with van der Waals surface area (Å²) in [6.45, 7) is 2.02. The second kappa shape index (κ2) is 6.82. The summed E-state index contributed by atoms with van der Waals surface area (Å²) in [5.41, 5.74) is 2.29. The van der Waals surface area contributed by atoms with Crippen molar-refractivity contribution in [2.24, 2.45) is 0 Å². The number of alkyl halides is 2. The first-order chi connectivity index (χ1) is 9.09. The van der Waals surface area contributed by atoms with Crippen molar-refractivity contribution in [3.63, 3.8) is 0 Å². The molecule has 0 aliphatic rings. The first kappa shape index (κ1) is 14.9. The first-order valence-corrected chi connectivity index (χ1v) is 8.94. The van der Waals surface area contributed by atoms with E-state index in [9.17, 15) is 4.21 Å². The topological polar surface area (TPSA) is 17.1 Å². The van der Waals surface area contributed by atoms with Gasteiger partial charge in [-0.2, -0.15) is 0 Å². The summed E-state index contributed by atoms with van der Waals surface area (Å²) in [6.07, 6.45) is 0. The van der Waals surface area contributed by atoms with E-state index in [1.165, 1.54) is 5.56 Å². The van der Waals surface area contributed by atoms with E-state index in [0.29, 0.717) is 0 Å². The lowest BCUT2D eigenvalue weighted by Crippen LogP contribution is -2.13. The van der Waals surface area contributed by atoms with Crippen molar-refractivity contribution in [1.82, 2.24) is 0 Å². The van der Waals surface area contributed by atoms with Crippen LogP contribution in [0.3, 0.4) is 0 Å². The zero-order valence-electron chi connectivity index (χ0n) is 10.4. The van der Waals surface area contributed by atoms with Crippen molar-refractivity contribution in [2.75, 3.05) is 0 Å². The van der Waals surface area contributed by atoms with E-state index in [0.717, 1.165) is 10.5 Å². The molecule has 3 unspecified atom stereocenters. The minimum Gasteiger partial charge on any atom is -0.253 e. The molecule has 2 rings (SSSR count). The van der Waals surface area contributed by atoms with Gasteiger partial charge in [0, 0.05) is 4.90 Å². The van der Waals surface area contributed by atoms with Crippen molar-refractivity contribution in [3.8, 4) is 0 Å². The second-order valence-corrected chi connectivity index (χ2v) is 8.43. The van der Waals surface area contributed by atoms with Crippen LogP contribution in [0.25, 0.3) is 0 Å². The highest BCUT2D eigenvalue weighted by Gasteiger charge is 2.24. The predicted molar refractivity (Wildman–Crippen MR) is 88.4 cm³/mol. The Balaban J connectivity index is 2.17. The molecule has 2 aromatic carbocycles. The van der Waals surface area contributed by atoms with E-state index in [4.69, 9.17) is 0 Å². The van der Waals surface area contributed by atoms with Gasteiger partial charge in [-0.1, -0.05) is 79.9 Å². The van der Waals surface area contributed by atoms with Crippen LogP contribution in [-0.2, 0) is 10.8 Å². The number of halogens is 2. The highest BCUT2D eigenvalue weighted by Crippen LogP contribution is 2.35. The Bertz CT molecular complexity index is 554. The zero-order valence-corrected chi connectivity index (χ0v) is 14.4. The van der Waals surface area contributed by atoms with Crippen molar-refractivity contribution in [1.29, 1.82) is 0 Å². The largest absolute Gasteiger partial charge is 0.253 e. The van der Waals surface area contributed by atoms with Gasteiger partial charge in [0.25, 0.3) is 0 Å². The number of benzene rings is 2. The van der Waals surface area contributed by atoms with Crippen molar-refractivity contribution in [2.45, 2.75) is 20.8 Å². The first-order valence-electron chi connectivity index (χ1n) is 5.90. The van der Waals surface area contributed by atoms with Crippen LogP contribution in [0.1, 0.15) is 16.0 Å². The van der Waals surface area contributed by atoms with Gasteiger partial charge in [-0.05, 0) is 24.6 Å². The molecule has 1 nitrogen and oxygen atoms in total. The minimum atomic E-state index is -1.10. The van der Waals surface area contributed by atoms with Gasteiger partial charge in [0.05, 0.1) is 15.6 Å². The standard InChI is InChI=1S/C15H14Br2OS/c1-11-7-9-13(10-8-11)19(18)15(17)14(16)12-5-3-2-4-6-12/h2-10,14-15H,1H3. The van der Waals surface area contributed by atoms with Crippen molar-refractivity contribution in [3.05, 3.63) is 65.7 Å². The molecule has 100 valence electrons. The van der Waals surface area contributed by atoms with E-state index < -0.39 is 10.8 Å². The fraction of sp³-hybridized carbons (Fsp3) is 0.200. The predicted octanol–water partition coefficient (Wildman–Crippen LogP) is 4.96. The summed E-state index contributed by atoms with van der Waals surface area (Å²) in [7, 11) is -1.10. The molecular weight excluding hydrogens is 388 g/mol. The Morgan fingerprint density at radius 2 is 1.53 bits per heavy atom. The maximum absolute atomic E-state index is 12.5. The van der Waals surface area contributed by atoms with E-state index in [1.807, 2.05) is 61.5 Å². The Kier molecular flexibility index (Phi) is 5.37. The molecule has 0 N–H and O–H groups in total. The fourth-order valence-electron chi connectivity index (χ4n) is 1.70. The Morgan fingerprint density at radius 1 is 0.947 bits per heavy atom. The van der Waals surface area contributed by atoms with Gasteiger partial charge in [-0.15, -0.1) is 0 Å². The van der Waals surface area contributed by atoms with Crippen LogP contribution < -0.4 is 0 Å². The molecule has 0 heterocycles. The molecule has 4 heteroatoms. The summed E-state index contributed by atoms with van der Waals surface area (Å²) < 4.78 is 12.3. The van der Waals surface area contributed by atoms with E-state index in [1.54, 1.807) is 0 Å². The molecular formula is C15H14Br2OS. The Morgan fingerprint density at radius 3 is 2.11 bits per heavy atom. The lowest BCUT2D eigenvalue weighted by molar-refractivity contribution is 0.680. The van der Waals surface area contributed by atoms with Gasteiger partial charge in [0.2, 0.25) is 0 Å². The molecule has 0 saturated carbocycles. The number of hydrogen-bond acceptors (Lipinski definition) is 1. The highest BCUT2D eigenvalue weighted by molar-refractivity contribution is 9.13. The van der Waals surface area contributed by atoms with E-state index in [-0.39, 0.29) is 8.99 Å². The summed E-state index contributed by atoms with van der Waals surface area (Å²) in [5.74, 6) is 0. The maximum atomic E-state index is 12.5. The molecule has 0 amide bonds. The Labute approximate surface area is 133 Å². The quantitative estimate of drug-likeness (QED) is 0.661. The molecule has 0 radical (unpaired) electrons. The number of aryl methyl sites for hydroxylation is 1. The summed E-state index contributed by atoms with van der Waals surface area (Å²) >= 11 is 7.18. The van der Waals surface area contributed by atoms with Crippen LogP contribution in [0, 0.1) is 6.92 Å². The molecule has 0 bridgehead atoms. The van der Waals surface area contributed by atoms with E-state index in [2.05, 4.69) is 31.9 Å². The highest BCUT2D eigenvalue weighted by atomic mass is 79.9. The van der Waals surface area contributed by atoms with Crippen LogP contribution in [0.2, 0.25) is 0 Å². The van der Waals surface area contributed by atoms with Crippen LogP contribution in [-0.4, -0.2) is 8.37 Å². The molecule has 0 saturated heterocycles. The Hall–Kier alpha value is -0.450. The van der Waals surface area contributed by atoms with Gasteiger partial charge in [0.15, 0.2) is 0 Å². The monoisotopic (exact) mass is 400 g/mol.